The second-order valence-electron chi connectivity index (χ2n) is 11.7. The summed E-state index contributed by atoms with van der Waals surface area (Å²) in [5, 5.41) is 15.0. The number of piperidine rings is 1. The van der Waals surface area contributed by atoms with Crippen molar-refractivity contribution in [3.8, 4) is 11.5 Å². The van der Waals surface area contributed by atoms with Crippen molar-refractivity contribution in [2.45, 2.75) is 43.9 Å². The number of aromatic amines is 1. The van der Waals surface area contributed by atoms with Gasteiger partial charge in [-0.25, -0.2) is 0 Å². The van der Waals surface area contributed by atoms with E-state index < -0.39 is 6.10 Å². The van der Waals surface area contributed by atoms with Crippen molar-refractivity contribution in [1.82, 2.24) is 15.2 Å². The lowest BCUT2D eigenvalue weighted by atomic mass is 9.65. The first-order valence-corrected chi connectivity index (χ1v) is 14.9. The lowest BCUT2D eigenvalue weighted by Gasteiger charge is -2.50. The molecule has 216 valence electrons. The summed E-state index contributed by atoms with van der Waals surface area (Å²) >= 11 is 0. The molecule has 1 aliphatic carbocycles. The Morgan fingerprint density at radius 2 is 1.95 bits per heavy atom. The van der Waals surface area contributed by atoms with Crippen molar-refractivity contribution in [3.05, 3.63) is 59.8 Å². The van der Waals surface area contributed by atoms with Crippen LogP contribution in [0.2, 0.25) is 0 Å². The molecule has 4 aliphatic heterocycles. The fourth-order valence-electron chi connectivity index (χ4n) is 7.59. The van der Waals surface area contributed by atoms with E-state index in [0.717, 1.165) is 62.8 Å². The number of amidine groups is 1. The Morgan fingerprint density at radius 1 is 1.12 bits per heavy atom. The van der Waals surface area contributed by atoms with Gasteiger partial charge in [-0.3, -0.25) is 14.7 Å². The molecule has 3 aromatic rings. The van der Waals surface area contributed by atoms with Gasteiger partial charge in [0.15, 0.2) is 17.6 Å². The van der Waals surface area contributed by atoms with Crippen LogP contribution in [0.5, 0.6) is 11.5 Å². The number of hydrogen-bond acceptors (Lipinski definition) is 8. The van der Waals surface area contributed by atoms with Gasteiger partial charge in [-0.15, -0.1) is 0 Å². The van der Waals surface area contributed by atoms with Crippen molar-refractivity contribution in [1.29, 1.82) is 0 Å². The van der Waals surface area contributed by atoms with E-state index in [4.69, 9.17) is 14.2 Å². The van der Waals surface area contributed by atoms with Gasteiger partial charge >= 0.3 is 5.97 Å². The molecule has 0 spiro atoms. The molecule has 1 aromatic heterocycles. The number of fused-ring (bicyclic) bond motifs is 7. The standard InChI is InChI=1S/C21H26N2O3.C11H12N2O2/c1-26-21(25)19-15-10-17-20-14(13-4-2-3-5-16(13)22-20)8-9-23(17)11-12(15)6-7-18(19)24;1-2-4-9-8(3-1)14-7-10(15-9)11-12-5-6-13-11/h2-5,12,15,17-19,22,24H,6-11H2,1H3;1-4,10H,5-7H2,(H,12,13)/t12-,15-,17-,18-,19+;/m0./s1. The minimum atomic E-state index is -0.568. The summed E-state index contributed by atoms with van der Waals surface area (Å²) in [6.45, 7) is 4.36. The molecule has 8 rings (SSSR count). The number of nitrogens with zero attached hydrogens (tertiary/aromatic N) is 2. The van der Waals surface area contributed by atoms with E-state index in [1.807, 2.05) is 24.3 Å². The van der Waals surface area contributed by atoms with Gasteiger partial charge in [-0.2, -0.15) is 0 Å². The Hall–Kier alpha value is -3.56. The number of esters is 1. The minimum Gasteiger partial charge on any atom is -0.485 e. The molecule has 2 fully saturated rings. The number of hydrogen-bond donors (Lipinski definition) is 3. The predicted octanol–water partition coefficient (Wildman–Crippen LogP) is 3.48. The van der Waals surface area contributed by atoms with Gasteiger partial charge in [0.05, 0.1) is 31.7 Å². The quantitative estimate of drug-likeness (QED) is 0.414. The molecule has 1 unspecified atom stereocenters. The molecule has 41 heavy (non-hydrogen) atoms. The lowest BCUT2D eigenvalue weighted by molar-refractivity contribution is -0.160. The number of aromatic nitrogens is 1. The van der Waals surface area contributed by atoms with Crippen LogP contribution in [0.25, 0.3) is 10.9 Å². The van der Waals surface area contributed by atoms with E-state index in [9.17, 15) is 9.90 Å². The first-order chi connectivity index (χ1) is 20.1. The monoisotopic (exact) mass is 558 g/mol. The van der Waals surface area contributed by atoms with Gasteiger partial charge in [0.2, 0.25) is 0 Å². The van der Waals surface area contributed by atoms with Crippen LogP contribution in [0.3, 0.4) is 0 Å². The Kier molecular flexibility index (Phi) is 7.08. The number of methoxy groups -OCH3 is 1. The number of aliphatic imine (C=N–C) groups is 1. The average molecular weight is 559 g/mol. The third-order valence-electron chi connectivity index (χ3n) is 9.54. The van der Waals surface area contributed by atoms with Crippen LogP contribution in [-0.2, 0) is 16.0 Å². The number of rotatable bonds is 2. The Morgan fingerprint density at radius 3 is 2.78 bits per heavy atom. The van der Waals surface area contributed by atoms with Crippen LogP contribution in [0, 0.1) is 17.8 Å². The van der Waals surface area contributed by atoms with Crippen LogP contribution in [0.1, 0.15) is 36.6 Å². The topological polar surface area (TPSA) is 108 Å². The second kappa shape index (κ2) is 11.0. The second-order valence-corrected chi connectivity index (χ2v) is 11.7. The summed E-state index contributed by atoms with van der Waals surface area (Å²) in [4.78, 5) is 23.0. The highest BCUT2D eigenvalue weighted by molar-refractivity contribution is 5.88. The summed E-state index contributed by atoms with van der Waals surface area (Å²) in [6.07, 6.45) is 3.06. The molecule has 5 aliphatic rings. The van der Waals surface area contributed by atoms with Crippen LogP contribution >= 0.6 is 0 Å². The van der Waals surface area contributed by atoms with Crippen LogP contribution in [0.15, 0.2) is 53.5 Å². The lowest BCUT2D eigenvalue weighted by Crippen LogP contribution is -2.53. The number of H-pyrrole nitrogens is 1. The van der Waals surface area contributed by atoms with Crippen molar-refractivity contribution in [2.24, 2.45) is 22.7 Å². The van der Waals surface area contributed by atoms with Crippen LogP contribution in [0.4, 0.5) is 0 Å². The van der Waals surface area contributed by atoms with E-state index in [1.165, 1.54) is 29.3 Å². The molecule has 2 aromatic carbocycles. The third kappa shape index (κ3) is 4.85. The maximum Gasteiger partial charge on any atom is 0.311 e. The molecule has 0 amide bonds. The van der Waals surface area contributed by atoms with Crippen molar-refractivity contribution >= 4 is 22.7 Å². The molecule has 5 heterocycles. The molecule has 6 atom stereocenters. The molecule has 0 radical (unpaired) electrons. The van der Waals surface area contributed by atoms with E-state index in [1.54, 1.807) is 0 Å². The number of nitrogens with one attached hydrogen (secondary N) is 2. The molecule has 3 N–H and O–H groups in total. The minimum absolute atomic E-state index is 0.0811. The number of para-hydroxylation sites is 3. The molecule has 1 saturated carbocycles. The SMILES string of the molecule is COC(=O)[C@@H]1[C@H]2C[C@H]3c4[nH]c5ccccc5c4CCN3C[C@@H]2CC[C@@H]1O.c1ccc2c(c1)OCC(C1=NCCN1)O2. The van der Waals surface area contributed by atoms with Gasteiger partial charge in [-0.1, -0.05) is 30.3 Å². The van der Waals surface area contributed by atoms with Crippen LogP contribution < -0.4 is 14.8 Å². The average Bonchev–Trinajstić information content (AvgIpc) is 3.69. The number of carbonyl (C=O) groups is 1. The molecular weight excluding hydrogens is 520 g/mol. The number of benzene rings is 2. The Balaban J connectivity index is 0.000000156. The summed E-state index contributed by atoms with van der Waals surface area (Å²) in [7, 11) is 1.43. The maximum atomic E-state index is 12.4. The Bertz CT molecular complexity index is 1450. The highest BCUT2D eigenvalue weighted by Crippen LogP contribution is 2.49. The first-order valence-electron chi connectivity index (χ1n) is 14.9. The van der Waals surface area contributed by atoms with Crippen molar-refractivity contribution < 1.29 is 24.1 Å². The summed E-state index contributed by atoms with van der Waals surface area (Å²) in [5.74, 6) is 2.57. The van der Waals surface area contributed by atoms with E-state index >= 15 is 0 Å². The number of aliphatic hydroxyl groups is 1. The van der Waals surface area contributed by atoms with Gasteiger partial charge in [0.25, 0.3) is 0 Å². The highest BCUT2D eigenvalue weighted by Gasteiger charge is 2.49. The van der Waals surface area contributed by atoms with Gasteiger partial charge in [0.1, 0.15) is 12.4 Å². The Labute approximate surface area is 239 Å². The van der Waals surface area contributed by atoms with Gasteiger partial charge in [-0.05, 0) is 61.3 Å². The molecule has 9 nitrogen and oxygen atoms in total. The summed E-state index contributed by atoms with van der Waals surface area (Å²) in [6, 6.07) is 16.5. The van der Waals surface area contributed by atoms with Crippen molar-refractivity contribution in [2.75, 3.05) is 39.9 Å². The van der Waals surface area contributed by atoms with E-state index in [0.29, 0.717) is 25.0 Å². The third-order valence-corrected chi connectivity index (χ3v) is 9.54. The van der Waals surface area contributed by atoms with Gasteiger partial charge < -0.3 is 29.6 Å². The fraction of sp³-hybridized carbons (Fsp3) is 0.500. The summed E-state index contributed by atoms with van der Waals surface area (Å²) < 4.78 is 16.4. The van der Waals surface area contributed by atoms with E-state index in [2.05, 4.69) is 44.5 Å². The molecular formula is C32H38N4O5. The van der Waals surface area contributed by atoms with E-state index in [-0.39, 0.29) is 23.9 Å². The number of carbonyl (C=O) groups excluding carboxylic acids is 1. The zero-order valence-electron chi connectivity index (χ0n) is 23.4. The van der Waals surface area contributed by atoms with Gasteiger partial charge in [0, 0.05) is 36.2 Å². The van der Waals surface area contributed by atoms with Crippen LogP contribution in [-0.4, -0.2) is 78.9 Å². The summed E-state index contributed by atoms with van der Waals surface area (Å²) in [5.41, 5.74) is 3.96. The normalized spacial score (nSPS) is 30.0. The van der Waals surface area contributed by atoms with Crippen molar-refractivity contribution in [3.63, 3.8) is 0 Å². The smallest absolute Gasteiger partial charge is 0.311 e. The number of aliphatic hydroxyl groups excluding tert-OH is 1. The molecule has 1 saturated heterocycles. The largest absolute Gasteiger partial charge is 0.485 e. The first kappa shape index (κ1) is 26.3. The zero-order chi connectivity index (χ0) is 27.9. The zero-order valence-corrected chi connectivity index (χ0v) is 23.4. The molecule has 0 bridgehead atoms. The fourth-order valence-corrected chi connectivity index (χ4v) is 7.59. The highest BCUT2D eigenvalue weighted by atomic mass is 16.6. The number of ether oxygens (including phenoxy) is 3. The predicted molar refractivity (Wildman–Crippen MR) is 155 cm³/mol. The maximum absolute atomic E-state index is 12.4. The molecule has 9 heteroatoms.